The number of nitrogens with one attached hydrogen (secondary N) is 3. The lowest BCUT2D eigenvalue weighted by Gasteiger charge is -2.16. The van der Waals surface area contributed by atoms with Crippen molar-refractivity contribution in [2.24, 2.45) is 0 Å². The standard InChI is InChI=1S/C20H20N6O/c27-20(19-14-10-21-9-7-17(14)24-25-19)23-16-5-3-4-13-11-26(12-15(13)16)18-6-1-2-8-22-18/h1-6,8,21H,7,9-12H2,(H,23,27)(H,24,25). The summed E-state index contributed by atoms with van der Waals surface area (Å²) in [6.07, 6.45) is 2.67. The molecule has 2 aromatic heterocycles. The first-order valence-electron chi connectivity index (χ1n) is 9.14. The fourth-order valence-corrected chi connectivity index (χ4v) is 3.84. The number of anilines is 2. The first-order valence-corrected chi connectivity index (χ1v) is 9.14. The van der Waals surface area contributed by atoms with Crippen molar-refractivity contribution >= 4 is 17.4 Å². The van der Waals surface area contributed by atoms with E-state index in [9.17, 15) is 4.79 Å². The molecule has 1 aromatic carbocycles. The van der Waals surface area contributed by atoms with Gasteiger partial charge < -0.3 is 15.5 Å². The van der Waals surface area contributed by atoms with Gasteiger partial charge in [-0.3, -0.25) is 9.89 Å². The molecule has 0 radical (unpaired) electrons. The number of aromatic nitrogens is 3. The molecule has 0 saturated carbocycles. The van der Waals surface area contributed by atoms with Gasteiger partial charge in [-0.05, 0) is 29.3 Å². The number of carbonyl (C=O) groups is 1. The molecule has 2 aliphatic heterocycles. The molecule has 4 heterocycles. The summed E-state index contributed by atoms with van der Waals surface area (Å²) in [6, 6.07) is 12.0. The van der Waals surface area contributed by atoms with Crippen molar-refractivity contribution in [1.29, 1.82) is 0 Å². The van der Waals surface area contributed by atoms with Gasteiger partial charge in [0.25, 0.3) is 5.91 Å². The molecule has 5 rings (SSSR count). The van der Waals surface area contributed by atoms with E-state index in [1.807, 2.05) is 30.3 Å². The fourth-order valence-electron chi connectivity index (χ4n) is 3.84. The van der Waals surface area contributed by atoms with Crippen LogP contribution in [0.4, 0.5) is 11.5 Å². The summed E-state index contributed by atoms with van der Waals surface area (Å²) in [5.41, 5.74) is 5.70. The molecule has 3 aromatic rings. The Morgan fingerprint density at radius 1 is 1.11 bits per heavy atom. The zero-order valence-corrected chi connectivity index (χ0v) is 14.8. The first-order chi connectivity index (χ1) is 13.3. The van der Waals surface area contributed by atoms with Gasteiger partial charge >= 0.3 is 0 Å². The third-order valence-electron chi connectivity index (χ3n) is 5.23. The van der Waals surface area contributed by atoms with Gasteiger partial charge in [0.05, 0.1) is 0 Å². The van der Waals surface area contributed by atoms with Gasteiger partial charge in [-0.25, -0.2) is 4.98 Å². The van der Waals surface area contributed by atoms with Gasteiger partial charge in [0.1, 0.15) is 5.82 Å². The van der Waals surface area contributed by atoms with E-state index in [2.05, 4.69) is 36.8 Å². The number of hydrogen-bond donors (Lipinski definition) is 3. The van der Waals surface area contributed by atoms with E-state index in [-0.39, 0.29) is 5.91 Å². The Hall–Kier alpha value is -3.19. The van der Waals surface area contributed by atoms with Crippen molar-refractivity contribution in [3.05, 3.63) is 70.7 Å². The van der Waals surface area contributed by atoms with E-state index in [0.29, 0.717) is 12.2 Å². The Morgan fingerprint density at radius 2 is 2.07 bits per heavy atom. The van der Waals surface area contributed by atoms with Gasteiger partial charge in [-0.15, -0.1) is 0 Å². The maximum absolute atomic E-state index is 12.9. The van der Waals surface area contributed by atoms with Gasteiger partial charge in [-0.2, -0.15) is 5.10 Å². The predicted molar refractivity (Wildman–Crippen MR) is 103 cm³/mol. The topological polar surface area (TPSA) is 85.9 Å². The minimum absolute atomic E-state index is 0.166. The molecule has 0 saturated heterocycles. The third kappa shape index (κ3) is 2.86. The second-order valence-corrected chi connectivity index (χ2v) is 6.90. The molecule has 7 heteroatoms. The molecule has 0 aliphatic carbocycles. The molecule has 0 fully saturated rings. The van der Waals surface area contributed by atoms with Crippen molar-refractivity contribution in [2.45, 2.75) is 26.1 Å². The summed E-state index contributed by atoms with van der Waals surface area (Å²) in [5, 5.41) is 13.6. The molecule has 7 nitrogen and oxygen atoms in total. The number of fused-ring (bicyclic) bond motifs is 2. The van der Waals surface area contributed by atoms with E-state index in [4.69, 9.17) is 0 Å². The minimum Gasteiger partial charge on any atom is -0.348 e. The number of H-pyrrole nitrogens is 1. The lowest BCUT2D eigenvalue weighted by atomic mass is 10.1. The monoisotopic (exact) mass is 360 g/mol. The smallest absolute Gasteiger partial charge is 0.276 e. The van der Waals surface area contributed by atoms with E-state index >= 15 is 0 Å². The summed E-state index contributed by atoms with van der Waals surface area (Å²) in [4.78, 5) is 19.5. The molecular weight excluding hydrogens is 340 g/mol. The van der Waals surface area contributed by atoms with Crippen molar-refractivity contribution < 1.29 is 4.79 Å². The lowest BCUT2D eigenvalue weighted by Crippen LogP contribution is -2.25. The molecule has 27 heavy (non-hydrogen) atoms. The van der Waals surface area contributed by atoms with E-state index in [0.717, 1.165) is 54.4 Å². The second-order valence-electron chi connectivity index (χ2n) is 6.90. The average molecular weight is 360 g/mol. The number of rotatable bonds is 3. The summed E-state index contributed by atoms with van der Waals surface area (Å²) >= 11 is 0. The maximum atomic E-state index is 12.9. The lowest BCUT2D eigenvalue weighted by molar-refractivity contribution is 0.102. The van der Waals surface area contributed by atoms with Gasteiger partial charge in [0.15, 0.2) is 5.69 Å². The van der Waals surface area contributed by atoms with Crippen LogP contribution in [-0.2, 0) is 26.1 Å². The third-order valence-corrected chi connectivity index (χ3v) is 5.23. The van der Waals surface area contributed by atoms with E-state index in [1.165, 1.54) is 5.56 Å². The zero-order chi connectivity index (χ0) is 18.2. The van der Waals surface area contributed by atoms with Crippen LogP contribution in [0.25, 0.3) is 0 Å². The molecule has 0 unspecified atom stereocenters. The zero-order valence-electron chi connectivity index (χ0n) is 14.8. The summed E-state index contributed by atoms with van der Waals surface area (Å²) in [7, 11) is 0. The summed E-state index contributed by atoms with van der Waals surface area (Å²) in [6.45, 7) is 3.10. The van der Waals surface area contributed by atoms with Crippen LogP contribution in [0.5, 0.6) is 0 Å². The van der Waals surface area contributed by atoms with E-state index < -0.39 is 0 Å². The number of benzene rings is 1. The van der Waals surface area contributed by atoms with Gasteiger partial charge in [0.2, 0.25) is 0 Å². The van der Waals surface area contributed by atoms with Crippen molar-refractivity contribution in [1.82, 2.24) is 20.5 Å². The largest absolute Gasteiger partial charge is 0.348 e. The van der Waals surface area contributed by atoms with Crippen LogP contribution in [0.1, 0.15) is 32.9 Å². The van der Waals surface area contributed by atoms with Gasteiger partial charge in [0, 0.05) is 55.7 Å². The van der Waals surface area contributed by atoms with Crippen LogP contribution >= 0.6 is 0 Å². The van der Waals surface area contributed by atoms with Crippen LogP contribution in [0.3, 0.4) is 0 Å². The molecule has 136 valence electrons. The summed E-state index contributed by atoms with van der Waals surface area (Å²) in [5.74, 6) is 0.777. The Kier molecular flexibility index (Phi) is 3.86. The highest BCUT2D eigenvalue weighted by atomic mass is 16.2. The van der Waals surface area contributed by atoms with Crippen molar-refractivity contribution in [3.8, 4) is 0 Å². The van der Waals surface area contributed by atoms with E-state index in [1.54, 1.807) is 6.20 Å². The number of hydrogen-bond acceptors (Lipinski definition) is 5. The maximum Gasteiger partial charge on any atom is 0.276 e. The van der Waals surface area contributed by atoms with Crippen LogP contribution < -0.4 is 15.5 Å². The Morgan fingerprint density at radius 3 is 2.96 bits per heavy atom. The Balaban J connectivity index is 1.40. The highest BCUT2D eigenvalue weighted by Gasteiger charge is 2.25. The van der Waals surface area contributed by atoms with Crippen LogP contribution in [0, 0.1) is 0 Å². The predicted octanol–water partition coefficient (Wildman–Crippen LogP) is 2.22. The second kappa shape index (κ2) is 6.51. The van der Waals surface area contributed by atoms with Crippen molar-refractivity contribution in [2.75, 3.05) is 16.8 Å². The van der Waals surface area contributed by atoms with Crippen LogP contribution in [-0.4, -0.2) is 27.6 Å². The molecule has 0 bridgehead atoms. The Bertz CT molecular complexity index is 997. The minimum atomic E-state index is -0.166. The normalized spacial score (nSPS) is 15.3. The van der Waals surface area contributed by atoms with Crippen LogP contribution in [0.2, 0.25) is 0 Å². The fraction of sp³-hybridized carbons (Fsp3) is 0.250. The molecular formula is C20H20N6O. The Labute approximate surface area is 156 Å². The first kappa shape index (κ1) is 16.0. The van der Waals surface area contributed by atoms with Crippen LogP contribution in [0.15, 0.2) is 42.6 Å². The summed E-state index contributed by atoms with van der Waals surface area (Å²) < 4.78 is 0. The highest BCUT2D eigenvalue weighted by Crippen LogP contribution is 2.32. The number of pyridine rings is 1. The quantitative estimate of drug-likeness (QED) is 0.667. The average Bonchev–Trinajstić information content (AvgIpc) is 3.34. The molecule has 0 spiro atoms. The van der Waals surface area contributed by atoms with Gasteiger partial charge in [-0.1, -0.05) is 18.2 Å². The molecule has 3 N–H and O–H groups in total. The number of aromatic amines is 1. The number of amides is 1. The highest BCUT2D eigenvalue weighted by molar-refractivity contribution is 6.04. The number of carbonyl (C=O) groups excluding carboxylic acids is 1. The molecule has 1 amide bonds. The molecule has 2 aliphatic rings. The van der Waals surface area contributed by atoms with Crippen molar-refractivity contribution in [3.63, 3.8) is 0 Å². The SMILES string of the molecule is O=C(Nc1cccc2c1CN(c1ccccn1)C2)c1n[nH]c2c1CNCC2. The number of nitrogens with zero attached hydrogens (tertiary/aromatic N) is 3. The molecule has 0 atom stereocenters.